The van der Waals surface area contributed by atoms with E-state index in [1.54, 1.807) is 6.07 Å². The van der Waals surface area contributed by atoms with Crippen LogP contribution in [0.25, 0.3) is 10.8 Å². The highest BCUT2D eigenvalue weighted by Crippen LogP contribution is 2.27. The predicted molar refractivity (Wildman–Crippen MR) is 92.9 cm³/mol. The molecule has 0 aliphatic rings. The van der Waals surface area contributed by atoms with E-state index in [0.717, 1.165) is 4.88 Å². The van der Waals surface area contributed by atoms with Gasteiger partial charge in [0, 0.05) is 11.8 Å². The first kappa shape index (κ1) is 17.4. The Bertz CT molecular complexity index is 837. The van der Waals surface area contributed by atoms with E-state index >= 15 is 0 Å². The number of thioether (sulfide) groups is 1. The second-order valence-corrected chi connectivity index (χ2v) is 6.80. The molecule has 10 heteroatoms. The molecule has 3 rings (SSSR count). The van der Waals surface area contributed by atoms with Gasteiger partial charge in [0.25, 0.3) is 16.8 Å². The van der Waals surface area contributed by atoms with E-state index in [9.17, 15) is 15.2 Å². The van der Waals surface area contributed by atoms with E-state index in [-0.39, 0.29) is 12.3 Å². The first-order chi connectivity index (χ1) is 12.1. The zero-order chi connectivity index (χ0) is 17.6. The Morgan fingerprint density at radius 1 is 1.36 bits per heavy atom. The second-order valence-electron chi connectivity index (χ2n) is 4.88. The molecule has 1 unspecified atom stereocenters. The molecule has 1 atom stereocenters. The van der Waals surface area contributed by atoms with Gasteiger partial charge >= 0.3 is 0 Å². The van der Waals surface area contributed by atoms with Crippen LogP contribution >= 0.6 is 23.1 Å². The van der Waals surface area contributed by atoms with Crippen LogP contribution in [0.15, 0.2) is 51.4 Å². The van der Waals surface area contributed by atoms with E-state index < -0.39 is 11.0 Å². The smallest absolute Gasteiger partial charge is 0.276 e. The Hall–Kier alpha value is -2.43. The number of aromatic nitrogens is 2. The van der Waals surface area contributed by atoms with Crippen LogP contribution in [0.3, 0.4) is 0 Å². The molecule has 0 spiro atoms. The van der Waals surface area contributed by atoms with Gasteiger partial charge in [-0.05, 0) is 17.5 Å². The zero-order valence-corrected chi connectivity index (χ0v) is 14.4. The van der Waals surface area contributed by atoms with Crippen molar-refractivity contribution in [2.24, 2.45) is 0 Å². The molecule has 0 saturated carbocycles. The zero-order valence-electron chi connectivity index (χ0n) is 12.8. The average molecular weight is 379 g/mol. The summed E-state index contributed by atoms with van der Waals surface area (Å²) in [4.78, 5) is 11.1. The van der Waals surface area contributed by atoms with Gasteiger partial charge in [0.05, 0.1) is 22.0 Å². The third kappa shape index (κ3) is 4.78. The van der Waals surface area contributed by atoms with E-state index in [0.29, 0.717) is 22.6 Å². The van der Waals surface area contributed by atoms with E-state index in [1.807, 2.05) is 17.5 Å². The van der Waals surface area contributed by atoms with Crippen molar-refractivity contribution in [1.82, 2.24) is 10.2 Å². The van der Waals surface area contributed by atoms with Gasteiger partial charge in [0.2, 0.25) is 0 Å². The minimum Gasteiger partial charge on any atom is -0.491 e. The second kappa shape index (κ2) is 8.10. The number of hydrogen-bond donors (Lipinski definition) is 1. The molecule has 8 nitrogen and oxygen atoms in total. The summed E-state index contributed by atoms with van der Waals surface area (Å²) in [5.74, 6) is 1.07. The van der Waals surface area contributed by atoms with Crippen molar-refractivity contribution < 1.29 is 19.2 Å². The molecule has 0 amide bonds. The Labute approximate surface area is 150 Å². The number of nitro groups is 1. The summed E-state index contributed by atoms with van der Waals surface area (Å²) in [7, 11) is 0. The molecule has 0 fully saturated rings. The summed E-state index contributed by atoms with van der Waals surface area (Å²) in [6.45, 7) is 0.0000858. The van der Waals surface area contributed by atoms with Crippen molar-refractivity contribution in [3.05, 3.63) is 51.9 Å². The van der Waals surface area contributed by atoms with Crippen molar-refractivity contribution in [3.8, 4) is 16.5 Å². The van der Waals surface area contributed by atoms with Gasteiger partial charge in [-0.25, -0.2) is 0 Å². The van der Waals surface area contributed by atoms with Crippen molar-refractivity contribution in [2.45, 2.75) is 11.3 Å². The van der Waals surface area contributed by atoms with Crippen molar-refractivity contribution in [3.63, 3.8) is 0 Å². The number of aliphatic hydroxyl groups is 1. The fourth-order valence-corrected chi connectivity index (χ4v) is 3.17. The first-order valence-electron chi connectivity index (χ1n) is 7.17. The van der Waals surface area contributed by atoms with Crippen LogP contribution in [0.4, 0.5) is 5.69 Å². The summed E-state index contributed by atoms with van der Waals surface area (Å²) in [5.41, 5.74) is -0.0617. The maximum atomic E-state index is 10.7. The Kier molecular flexibility index (Phi) is 5.64. The highest BCUT2D eigenvalue weighted by molar-refractivity contribution is 7.99. The van der Waals surface area contributed by atoms with Crippen molar-refractivity contribution >= 4 is 28.8 Å². The Balaban J connectivity index is 1.47. The van der Waals surface area contributed by atoms with Gasteiger partial charge in [-0.2, -0.15) is 0 Å². The molecule has 2 aromatic heterocycles. The highest BCUT2D eigenvalue weighted by atomic mass is 32.2. The van der Waals surface area contributed by atoms with Crippen LogP contribution in [0.2, 0.25) is 0 Å². The quantitative estimate of drug-likeness (QED) is 0.361. The van der Waals surface area contributed by atoms with Crippen LogP contribution in [0, 0.1) is 10.1 Å². The minimum atomic E-state index is -0.790. The molecular weight excluding hydrogens is 366 g/mol. The van der Waals surface area contributed by atoms with Crippen LogP contribution in [-0.4, -0.2) is 38.7 Å². The third-order valence-electron chi connectivity index (χ3n) is 3.01. The lowest BCUT2D eigenvalue weighted by atomic mass is 10.3. The lowest BCUT2D eigenvalue weighted by Crippen LogP contribution is -2.20. The molecule has 1 N–H and O–H groups in total. The molecule has 130 valence electrons. The topological polar surface area (TPSA) is 112 Å². The number of rotatable bonds is 8. The normalized spacial score (nSPS) is 12.0. The summed E-state index contributed by atoms with van der Waals surface area (Å²) in [6, 6.07) is 9.59. The number of non-ortho nitro benzene ring substituents is 1. The lowest BCUT2D eigenvalue weighted by Gasteiger charge is -2.10. The van der Waals surface area contributed by atoms with E-state index in [4.69, 9.17) is 9.15 Å². The molecule has 1 aromatic carbocycles. The van der Waals surface area contributed by atoms with Crippen LogP contribution in [0.5, 0.6) is 5.75 Å². The van der Waals surface area contributed by atoms with Crippen LogP contribution in [0.1, 0.15) is 0 Å². The lowest BCUT2D eigenvalue weighted by molar-refractivity contribution is -0.384. The number of hydrogen-bond acceptors (Lipinski definition) is 9. The summed E-state index contributed by atoms with van der Waals surface area (Å²) >= 11 is 2.72. The largest absolute Gasteiger partial charge is 0.491 e. The van der Waals surface area contributed by atoms with E-state index in [1.165, 1.54) is 41.3 Å². The standard InChI is InChI=1S/C15H13N3O5S2/c19-11(8-22-12-4-1-3-10(7-12)18(20)21)9-25-15-17-16-14(23-15)13-5-2-6-24-13/h1-7,11,19H,8-9H2. The molecule has 2 heterocycles. The third-order valence-corrected chi connectivity index (χ3v) is 4.83. The van der Waals surface area contributed by atoms with E-state index in [2.05, 4.69) is 10.2 Å². The van der Waals surface area contributed by atoms with Gasteiger partial charge in [-0.3, -0.25) is 10.1 Å². The van der Waals surface area contributed by atoms with Gasteiger partial charge in [-0.15, -0.1) is 21.5 Å². The summed E-state index contributed by atoms with van der Waals surface area (Å²) in [6.07, 6.45) is -0.790. The molecule has 25 heavy (non-hydrogen) atoms. The SMILES string of the molecule is O=[N+]([O-])c1cccc(OCC(O)CSc2nnc(-c3cccs3)o2)c1. The van der Waals surface area contributed by atoms with Gasteiger partial charge in [0.15, 0.2) is 0 Å². The number of ether oxygens (including phenoxy) is 1. The van der Waals surface area contributed by atoms with Gasteiger partial charge in [0.1, 0.15) is 12.4 Å². The van der Waals surface area contributed by atoms with Crippen molar-refractivity contribution in [2.75, 3.05) is 12.4 Å². The van der Waals surface area contributed by atoms with Gasteiger partial charge < -0.3 is 14.3 Å². The number of aliphatic hydroxyl groups excluding tert-OH is 1. The maximum absolute atomic E-state index is 10.7. The molecule has 3 aromatic rings. The molecule has 0 saturated heterocycles. The summed E-state index contributed by atoms with van der Waals surface area (Å²) < 4.78 is 10.9. The molecule has 0 radical (unpaired) electrons. The maximum Gasteiger partial charge on any atom is 0.276 e. The number of benzene rings is 1. The Morgan fingerprint density at radius 2 is 2.24 bits per heavy atom. The molecular formula is C15H13N3O5S2. The monoisotopic (exact) mass is 379 g/mol. The van der Waals surface area contributed by atoms with Crippen molar-refractivity contribution in [1.29, 1.82) is 0 Å². The number of nitro benzene ring substituents is 1. The Morgan fingerprint density at radius 3 is 3.00 bits per heavy atom. The first-order valence-corrected chi connectivity index (χ1v) is 9.04. The molecule has 0 bridgehead atoms. The fourth-order valence-electron chi connectivity index (χ4n) is 1.86. The van der Waals surface area contributed by atoms with Gasteiger partial charge in [-0.1, -0.05) is 23.9 Å². The number of thiophene rings is 1. The van der Waals surface area contributed by atoms with Crippen LogP contribution < -0.4 is 4.74 Å². The predicted octanol–water partition coefficient (Wildman–Crippen LogP) is 3.24. The number of nitrogens with zero attached hydrogens (tertiary/aromatic N) is 3. The molecule has 0 aliphatic heterocycles. The fraction of sp³-hybridized carbons (Fsp3) is 0.200. The molecule has 0 aliphatic carbocycles. The minimum absolute atomic E-state index is 0.0000858. The average Bonchev–Trinajstić information content (AvgIpc) is 3.29. The summed E-state index contributed by atoms with van der Waals surface area (Å²) in [5, 5.41) is 30.8. The highest BCUT2D eigenvalue weighted by Gasteiger charge is 2.13. The van der Waals surface area contributed by atoms with Crippen LogP contribution in [-0.2, 0) is 0 Å².